The Morgan fingerprint density at radius 2 is 2.27 bits per heavy atom. The molecule has 1 aliphatic carbocycles. The quantitative estimate of drug-likeness (QED) is 0.512. The fourth-order valence-electron chi connectivity index (χ4n) is 1.31. The summed E-state index contributed by atoms with van der Waals surface area (Å²) in [6.07, 6.45) is 2.58. The highest BCUT2D eigenvalue weighted by Crippen LogP contribution is 2.45. The van der Waals surface area contributed by atoms with Crippen LogP contribution in [0.1, 0.15) is 13.3 Å². The van der Waals surface area contributed by atoms with Gasteiger partial charge in [-0.05, 0) is 19.6 Å². The fraction of sp³-hybridized carbons (Fsp3) is 0.750. The molecule has 3 N–H and O–H groups in total. The molecule has 0 heterocycles. The van der Waals surface area contributed by atoms with Gasteiger partial charge in [0.2, 0.25) is 5.91 Å². The summed E-state index contributed by atoms with van der Waals surface area (Å²) in [4.78, 5) is 22.3. The second-order valence-electron chi connectivity index (χ2n) is 3.55. The summed E-state index contributed by atoms with van der Waals surface area (Å²) in [6, 6.07) is -0.876. The highest BCUT2D eigenvalue weighted by molar-refractivity contribution is 7.99. The van der Waals surface area contributed by atoms with E-state index in [-0.39, 0.29) is 11.2 Å². The maximum atomic E-state index is 11.7. The number of carbonyl (C=O) groups is 2. The molecule has 1 unspecified atom stereocenters. The predicted molar refractivity (Wildman–Crippen MR) is 62.0 cm³/mol. The third-order valence-corrected chi connectivity index (χ3v) is 4.04. The minimum Gasteiger partial charge on any atom is -0.480 e. The van der Waals surface area contributed by atoms with Gasteiger partial charge >= 0.3 is 5.97 Å². The maximum Gasteiger partial charge on any atom is 0.325 e. The van der Waals surface area contributed by atoms with Crippen molar-refractivity contribution in [1.29, 1.82) is 0 Å². The van der Waals surface area contributed by atoms with Gasteiger partial charge in [0.15, 0.2) is 0 Å². The molecule has 0 aromatic rings. The van der Waals surface area contributed by atoms with Crippen LogP contribution in [0.25, 0.3) is 0 Å². The van der Waals surface area contributed by atoms with Gasteiger partial charge in [0.1, 0.15) is 11.6 Å². The Morgan fingerprint density at radius 1 is 1.67 bits per heavy atom. The van der Waals surface area contributed by atoms with Gasteiger partial charge in [0, 0.05) is 5.25 Å². The molecule has 0 radical (unpaired) electrons. The Balaban J connectivity index is 2.57. The van der Waals surface area contributed by atoms with Crippen LogP contribution < -0.4 is 10.0 Å². The molecule has 0 aromatic heterocycles. The van der Waals surface area contributed by atoms with Crippen molar-refractivity contribution >= 4 is 36.5 Å². The Kier molecular flexibility index (Phi) is 3.91. The first-order valence-corrected chi connectivity index (χ1v) is 6.19. The van der Waals surface area contributed by atoms with Crippen molar-refractivity contribution in [2.75, 3.05) is 6.26 Å². The van der Waals surface area contributed by atoms with Crippen LogP contribution >= 0.6 is 24.6 Å². The van der Waals surface area contributed by atoms with Crippen molar-refractivity contribution in [1.82, 2.24) is 10.0 Å². The van der Waals surface area contributed by atoms with E-state index in [1.54, 1.807) is 11.8 Å². The minimum atomic E-state index is -1.04. The average Bonchev–Trinajstić information content (AvgIpc) is 2.92. The Bertz CT molecular complexity index is 287. The number of aliphatic carboxylic acids is 1. The van der Waals surface area contributed by atoms with Gasteiger partial charge in [0.25, 0.3) is 0 Å². The van der Waals surface area contributed by atoms with Crippen LogP contribution in [0.2, 0.25) is 0 Å². The summed E-state index contributed by atoms with van der Waals surface area (Å²) >= 11 is 5.49. The van der Waals surface area contributed by atoms with Crippen molar-refractivity contribution in [2.45, 2.75) is 30.2 Å². The second kappa shape index (κ2) is 4.63. The van der Waals surface area contributed by atoms with Crippen molar-refractivity contribution in [2.24, 2.45) is 0 Å². The molecule has 15 heavy (non-hydrogen) atoms. The van der Waals surface area contributed by atoms with E-state index in [9.17, 15) is 9.59 Å². The van der Waals surface area contributed by atoms with Gasteiger partial charge < -0.3 is 10.4 Å². The van der Waals surface area contributed by atoms with Crippen molar-refractivity contribution < 1.29 is 14.7 Å². The van der Waals surface area contributed by atoms with Crippen LogP contribution in [0.15, 0.2) is 0 Å². The highest BCUT2D eigenvalue weighted by atomic mass is 32.2. The van der Waals surface area contributed by atoms with Crippen molar-refractivity contribution in [3.63, 3.8) is 0 Å². The Hall–Kier alpha value is -0.400. The molecular weight excluding hydrogens is 236 g/mol. The molecule has 1 saturated carbocycles. The van der Waals surface area contributed by atoms with E-state index in [4.69, 9.17) is 5.11 Å². The lowest BCUT2D eigenvalue weighted by atomic mass is 10.2. The molecule has 5 nitrogen and oxygen atoms in total. The summed E-state index contributed by atoms with van der Waals surface area (Å²) in [7, 11) is 0. The zero-order valence-corrected chi connectivity index (χ0v) is 10.2. The standard InChI is InChI=1S/C8H14N2O3S2/c1-4(6(11)12)9-7(13)8(10-14)3-5(8)15-2/h4-5,10,14H,3H2,1-2H3,(H,9,13)(H,11,12)/t4-,5+,8?/m0/s1. The third kappa shape index (κ3) is 2.40. The van der Waals surface area contributed by atoms with E-state index in [1.807, 2.05) is 6.26 Å². The zero-order chi connectivity index (χ0) is 11.6. The number of carbonyl (C=O) groups excluding carboxylic acids is 1. The second-order valence-corrected chi connectivity index (χ2v) is 4.81. The molecule has 1 aliphatic rings. The molecule has 0 spiro atoms. The molecular formula is C8H14N2O3S2. The lowest BCUT2D eigenvalue weighted by molar-refractivity contribution is -0.141. The van der Waals surface area contributed by atoms with Gasteiger partial charge in [-0.3, -0.25) is 14.3 Å². The van der Waals surface area contributed by atoms with Crippen LogP contribution in [-0.2, 0) is 9.59 Å². The van der Waals surface area contributed by atoms with Crippen LogP contribution in [0.5, 0.6) is 0 Å². The number of amides is 1. The molecule has 7 heteroatoms. The molecule has 86 valence electrons. The summed E-state index contributed by atoms with van der Waals surface area (Å²) < 4.78 is 2.67. The summed E-state index contributed by atoms with van der Waals surface area (Å²) in [5, 5.41) is 11.3. The largest absolute Gasteiger partial charge is 0.480 e. The fourth-order valence-corrected chi connectivity index (χ4v) is 2.75. The highest BCUT2D eigenvalue weighted by Gasteiger charge is 2.59. The molecule has 1 amide bonds. The Labute approximate surface area is 97.9 Å². The SMILES string of the molecule is CS[C@@H]1CC1(NS)C(=O)N[C@@H](C)C(=O)O. The van der Waals surface area contributed by atoms with E-state index in [2.05, 4.69) is 22.9 Å². The monoisotopic (exact) mass is 250 g/mol. The predicted octanol–water partition coefficient (Wildman–Crippen LogP) is -0.116. The number of thiol groups is 1. The molecule has 0 aromatic carbocycles. The molecule has 0 saturated heterocycles. The van der Waals surface area contributed by atoms with Gasteiger partial charge in [-0.2, -0.15) is 11.8 Å². The number of thioether (sulfide) groups is 1. The Morgan fingerprint density at radius 3 is 2.60 bits per heavy atom. The first kappa shape index (κ1) is 12.7. The molecule has 0 aliphatic heterocycles. The minimum absolute atomic E-state index is 0.163. The number of carboxylic acid groups (broad SMARTS) is 1. The lowest BCUT2D eigenvalue weighted by Gasteiger charge is -2.17. The van der Waals surface area contributed by atoms with Crippen molar-refractivity contribution in [3.05, 3.63) is 0 Å². The first-order chi connectivity index (χ1) is 6.97. The molecule has 1 rings (SSSR count). The lowest BCUT2D eigenvalue weighted by Crippen LogP contribution is -2.50. The van der Waals surface area contributed by atoms with Crippen LogP contribution in [0.4, 0.5) is 0 Å². The van der Waals surface area contributed by atoms with E-state index in [1.165, 1.54) is 6.92 Å². The van der Waals surface area contributed by atoms with Crippen LogP contribution in [0.3, 0.4) is 0 Å². The first-order valence-electron chi connectivity index (χ1n) is 4.45. The van der Waals surface area contributed by atoms with E-state index in [0.717, 1.165) is 0 Å². The van der Waals surface area contributed by atoms with Gasteiger partial charge in [0.05, 0.1) is 0 Å². The zero-order valence-electron chi connectivity index (χ0n) is 8.48. The van der Waals surface area contributed by atoms with Gasteiger partial charge in [-0.25, -0.2) is 0 Å². The van der Waals surface area contributed by atoms with Crippen LogP contribution in [-0.4, -0.2) is 40.1 Å². The number of nitrogens with one attached hydrogen (secondary N) is 2. The average molecular weight is 250 g/mol. The van der Waals surface area contributed by atoms with Gasteiger partial charge in [-0.1, -0.05) is 12.8 Å². The summed E-state index contributed by atoms with van der Waals surface area (Å²) in [5.41, 5.74) is -0.702. The maximum absolute atomic E-state index is 11.7. The summed E-state index contributed by atoms with van der Waals surface area (Å²) in [5.74, 6) is -1.34. The number of hydrogen-bond donors (Lipinski definition) is 4. The number of hydrogen-bond acceptors (Lipinski definition) is 5. The summed E-state index contributed by atoms with van der Waals surface area (Å²) in [6.45, 7) is 1.43. The normalized spacial score (nSPS) is 30.7. The van der Waals surface area contributed by atoms with Crippen LogP contribution in [0, 0.1) is 0 Å². The van der Waals surface area contributed by atoms with E-state index < -0.39 is 17.6 Å². The van der Waals surface area contributed by atoms with E-state index >= 15 is 0 Å². The smallest absolute Gasteiger partial charge is 0.325 e. The third-order valence-electron chi connectivity index (χ3n) is 2.50. The number of rotatable bonds is 5. The van der Waals surface area contributed by atoms with Crippen molar-refractivity contribution in [3.8, 4) is 0 Å². The van der Waals surface area contributed by atoms with Gasteiger partial charge in [-0.15, -0.1) is 0 Å². The number of carboxylic acids is 1. The molecule has 0 bridgehead atoms. The molecule has 3 atom stereocenters. The topological polar surface area (TPSA) is 78.4 Å². The van der Waals surface area contributed by atoms with E-state index in [0.29, 0.717) is 6.42 Å². The molecule has 1 fully saturated rings.